The minimum absolute atomic E-state index is 0.0146. The zero-order chi connectivity index (χ0) is 23.1. The number of piperidine rings is 1. The lowest BCUT2D eigenvalue weighted by molar-refractivity contribution is -0.123. The number of benzene rings is 2. The molecule has 0 spiro atoms. The topological polar surface area (TPSA) is 129 Å². The van der Waals surface area contributed by atoms with Crippen molar-refractivity contribution < 1.29 is 22.7 Å². The first-order valence-electron chi connectivity index (χ1n) is 9.84. The summed E-state index contributed by atoms with van der Waals surface area (Å²) in [5.41, 5.74) is 4.68. The lowest BCUT2D eigenvalue weighted by Gasteiger charge is -2.26. The molecule has 2 aromatic carbocycles. The number of nitrogens with one attached hydrogen (secondary N) is 2. The fourth-order valence-electron chi connectivity index (χ4n) is 3.15. The number of carbonyl (C=O) groups excluding carboxylic acids is 2. The minimum Gasteiger partial charge on any atom is -0.482 e. The SMILES string of the molecule is N#Cc1ccccc1OCC(=O)NNC(=O)c1ccc(Cl)c(S(=O)(=O)N2CCCCC2)c1. The Labute approximate surface area is 190 Å². The highest BCUT2D eigenvalue weighted by Gasteiger charge is 2.28. The Bertz CT molecular complexity index is 1160. The number of ether oxygens (including phenoxy) is 1. The van der Waals surface area contributed by atoms with Crippen LogP contribution in [0.15, 0.2) is 47.4 Å². The molecule has 9 nitrogen and oxygen atoms in total. The second-order valence-electron chi connectivity index (χ2n) is 7.01. The Hall–Kier alpha value is -3.13. The number of halogens is 1. The predicted octanol–water partition coefficient (Wildman–Crippen LogP) is 2.23. The first-order valence-corrected chi connectivity index (χ1v) is 11.7. The molecule has 0 radical (unpaired) electrons. The van der Waals surface area contributed by atoms with Crippen LogP contribution in [-0.4, -0.2) is 44.2 Å². The molecule has 1 aliphatic heterocycles. The molecule has 1 saturated heterocycles. The summed E-state index contributed by atoms with van der Waals surface area (Å²) in [7, 11) is -3.84. The summed E-state index contributed by atoms with van der Waals surface area (Å²) in [4.78, 5) is 24.3. The maximum absolute atomic E-state index is 12.9. The first kappa shape index (κ1) is 23.5. The zero-order valence-corrected chi connectivity index (χ0v) is 18.6. The molecule has 168 valence electrons. The molecule has 0 unspecified atom stereocenters. The molecule has 2 aromatic rings. The van der Waals surface area contributed by atoms with Crippen LogP contribution >= 0.6 is 11.6 Å². The second kappa shape index (κ2) is 10.5. The van der Waals surface area contributed by atoms with Gasteiger partial charge < -0.3 is 4.74 Å². The van der Waals surface area contributed by atoms with Gasteiger partial charge in [0.05, 0.1) is 10.6 Å². The highest BCUT2D eigenvalue weighted by Crippen LogP contribution is 2.27. The van der Waals surface area contributed by atoms with E-state index in [9.17, 15) is 18.0 Å². The quantitative estimate of drug-likeness (QED) is 0.615. The van der Waals surface area contributed by atoms with Crippen LogP contribution in [0, 0.1) is 11.3 Å². The Kier molecular flexibility index (Phi) is 7.69. The Balaban J connectivity index is 1.62. The molecule has 32 heavy (non-hydrogen) atoms. The standard InChI is InChI=1S/C21H21ClN4O5S/c22-17-9-8-15(12-19(17)32(29,30)26-10-4-1-5-11-26)21(28)25-24-20(27)14-31-18-7-3-2-6-16(18)13-23/h2-3,6-9,12H,1,4-5,10-11,14H2,(H,24,27)(H,25,28). The maximum Gasteiger partial charge on any atom is 0.276 e. The van der Waals surface area contributed by atoms with Crippen LogP contribution in [0.3, 0.4) is 0 Å². The van der Waals surface area contributed by atoms with E-state index in [4.69, 9.17) is 21.6 Å². The molecule has 1 aliphatic rings. The minimum atomic E-state index is -3.84. The van der Waals surface area contributed by atoms with Gasteiger partial charge in [0.25, 0.3) is 11.8 Å². The molecular weight excluding hydrogens is 456 g/mol. The highest BCUT2D eigenvalue weighted by molar-refractivity contribution is 7.89. The van der Waals surface area contributed by atoms with Crippen molar-refractivity contribution >= 4 is 33.4 Å². The summed E-state index contributed by atoms with van der Waals surface area (Å²) in [6, 6.07) is 12.2. The Morgan fingerprint density at radius 1 is 1.09 bits per heavy atom. The third-order valence-electron chi connectivity index (χ3n) is 4.81. The van der Waals surface area contributed by atoms with E-state index in [2.05, 4.69) is 10.9 Å². The van der Waals surface area contributed by atoms with Crippen LogP contribution in [0.25, 0.3) is 0 Å². The van der Waals surface area contributed by atoms with Crippen molar-refractivity contribution in [2.75, 3.05) is 19.7 Å². The Morgan fingerprint density at radius 3 is 2.53 bits per heavy atom. The molecule has 0 atom stereocenters. The number of hydrogen-bond acceptors (Lipinski definition) is 6. The lowest BCUT2D eigenvalue weighted by atomic mass is 10.2. The number of rotatable bonds is 6. The smallest absolute Gasteiger partial charge is 0.276 e. The fraction of sp³-hybridized carbons (Fsp3) is 0.286. The Morgan fingerprint density at radius 2 is 1.81 bits per heavy atom. The third-order valence-corrected chi connectivity index (χ3v) is 7.19. The molecule has 3 rings (SSSR count). The lowest BCUT2D eigenvalue weighted by Crippen LogP contribution is -2.44. The predicted molar refractivity (Wildman–Crippen MR) is 116 cm³/mol. The normalized spacial score (nSPS) is 14.2. The van der Waals surface area contributed by atoms with Crippen molar-refractivity contribution in [3.05, 3.63) is 58.6 Å². The van der Waals surface area contributed by atoms with Crippen molar-refractivity contribution in [2.45, 2.75) is 24.2 Å². The largest absolute Gasteiger partial charge is 0.482 e. The molecular formula is C21H21ClN4O5S. The van der Waals surface area contributed by atoms with Gasteiger partial charge in [-0.15, -0.1) is 0 Å². The van der Waals surface area contributed by atoms with Crippen LogP contribution in [0.5, 0.6) is 5.75 Å². The number of sulfonamides is 1. The number of amides is 2. The van der Waals surface area contributed by atoms with Gasteiger partial charge in [-0.25, -0.2) is 8.42 Å². The molecule has 0 bridgehead atoms. The molecule has 1 fully saturated rings. The van der Waals surface area contributed by atoms with E-state index in [1.807, 2.05) is 6.07 Å². The van der Waals surface area contributed by atoms with E-state index in [-0.39, 0.29) is 26.8 Å². The second-order valence-corrected chi connectivity index (χ2v) is 9.32. The average Bonchev–Trinajstić information content (AvgIpc) is 2.82. The fourth-order valence-corrected chi connectivity index (χ4v) is 5.17. The number of nitrogens with zero attached hydrogens (tertiary/aromatic N) is 2. The number of hydrazine groups is 1. The first-order chi connectivity index (χ1) is 15.3. The summed E-state index contributed by atoms with van der Waals surface area (Å²) >= 11 is 6.11. The van der Waals surface area contributed by atoms with Gasteiger partial charge in [-0.3, -0.25) is 20.4 Å². The monoisotopic (exact) mass is 476 g/mol. The highest BCUT2D eigenvalue weighted by atomic mass is 35.5. The van der Waals surface area contributed by atoms with E-state index < -0.39 is 28.4 Å². The van der Waals surface area contributed by atoms with Crippen LogP contribution in [0.4, 0.5) is 0 Å². The number of carbonyl (C=O) groups is 2. The third kappa shape index (κ3) is 5.56. The van der Waals surface area contributed by atoms with E-state index >= 15 is 0 Å². The molecule has 0 saturated carbocycles. The summed E-state index contributed by atoms with van der Waals surface area (Å²) in [6.45, 7) is 0.369. The number of para-hydroxylation sites is 1. The van der Waals surface area contributed by atoms with Gasteiger partial charge in [0.2, 0.25) is 10.0 Å². The van der Waals surface area contributed by atoms with Gasteiger partial charge in [-0.2, -0.15) is 9.57 Å². The van der Waals surface area contributed by atoms with Gasteiger partial charge in [-0.1, -0.05) is 30.2 Å². The van der Waals surface area contributed by atoms with Crippen LogP contribution < -0.4 is 15.6 Å². The summed E-state index contributed by atoms with van der Waals surface area (Å²) in [5.74, 6) is -1.15. The van der Waals surface area contributed by atoms with E-state index in [0.717, 1.165) is 19.3 Å². The zero-order valence-electron chi connectivity index (χ0n) is 17.0. The summed E-state index contributed by atoms with van der Waals surface area (Å²) in [6.07, 6.45) is 2.50. The number of nitriles is 1. The van der Waals surface area contributed by atoms with Gasteiger partial charge in [0.1, 0.15) is 16.7 Å². The van der Waals surface area contributed by atoms with Gasteiger partial charge in [0.15, 0.2) is 6.61 Å². The molecule has 11 heteroatoms. The maximum atomic E-state index is 12.9. The van der Waals surface area contributed by atoms with Crippen LogP contribution in [0.2, 0.25) is 5.02 Å². The van der Waals surface area contributed by atoms with E-state index in [0.29, 0.717) is 13.1 Å². The van der Waals surface area contributed by atoms with Crippen molar-refractivity contribution in [1.29, 1.82) is 5.26 Å². The summed E-state index contributed by atoms with van der Waals surface area (Å²) in [5, 5.41) is 9.04. The van der Waals surface area contributed by atoms with Gasteiger partial charge in [-0.05, 0) is 43.2 Å². The van der Waals surface area contributed by atoms with E-state index in [1.165, 1.54) is 22.5 Å². The molecule has 2 amide bonds. The van der Waals surface area contributed by atoms with Crippen molar-refractivity contribution in [3.8, 4) is 11.8 Å². The number of hydrogen-bond donors (Lipinski definition) is 2. The van der Waals surface area contributed by atoms with Crippen molar-refractivity contribution in [3.63, 3.8) is 0 Å². The van der Waals surface area contributed by atoms with Gasteiger partial charge >= 0.3 is 0 Å². The molecule has 1 heterocycles. The molecule has 0 aliphatic carbocycles. The summed E-state index contributed by atoms with van der Waals surface area (Å²) < 4.78 is 32.5. The molecule has 2 N–H and O–H groups in total. The van der Waals surface area contributed by atoms with Crippen molar-refractivity contribution in [1.82, 2.24) is 15.2 Å². The van der Waals surface area contributed by atoms with E-state index in [1.54, 1.807) is 24.3 Å². The van der Waals surface area contributed by atoms with Crippen molar-refractivity contribution in [2.24, 2.45) is 0 Å². The van der Waals surface area contributed by atoms with Gasteiger partial charge in [0, 0.05) is 18.7 Å². The molecule has 0 aromatic heterocycles. The average molecular weight is 477 g/mol. The van der Waals surface area contributed by atoms with Crippen LogP contribution in [-0.2, 0) is 14.8 Å². The van der Waals surface area contributed by atoms with Crippen LogP contribution in [0.1, 0.15) is 35.2 Å².